The smallest absolute Gasteiger partial charge is 0.167 e. The van der Waals surface area contributed by atoms with Crippen LogP contribution >= 0.6 is 0 Å². The lowest BCUT2D eigenvalue weighted by atomic mass is 9.94. The second-order valence-corrected chi connectivity index (χ2v) is 9.07. The number of hydrogen-bond acceptors (Lipinski definition) is 8. The molecule has 4 aromatic rings. The van der Waals surface area contributed by atoms with Crippen molar-refractivity contribution in [2.45, 2.75) is 19.4 Å². The van der Waals surface area contributed by atoms with Crippen LogP contribution in [0.3, 0.4) is 0 Å². The average molecular weight is 481 g/mol. The zero-order valence-corrected chi connectivity index (χ0v) is 19.7. The maximum Gasteiger partial charge on any atom is 0.167 e. The van der Waals surface area contributed by atoms with E-state index in [0.717, 1.165) is 52.9 Å². The largest absolute Gasteiger partial charge is 0.366 e. The molecule has 1 saturated heterocycles. The Kier molecular flexibility index (Phi) is 5.82. The fraction of sp³-hybridized carbons (Fsp3) is 0.222. The molecule has 0 unspecified atom stereocenters. The molecule has 2 aliphatic rings. The Balaban J connectivity index is 1.43. The van der Waals surface area contributed by atoms with Crippen LogP contribution in [0.25, 0.3) is 27.9 Å². The van der Waals surface area contributed by atoms with E-state index in [9.17, 15) is 4.39 Å². The van der Waals surface area contributed by atoms with Gasteiger partial charge in [0.25, 0.3) is 0 Å². The molecule has 0 bridgehead atoms. The molecule has 5 heterocycles. The second kappa shape index (κ2) is 9.43. The maximum atomic E-state index is 14.1. The molecule has 2 atom stereocenters. The van der Waals surface area contributed by atoms with Crippen molar-refractivity contribution in [3.05, 3.63) is 78.7 Å². The van der Waals surface area contributed by atoms with Gasteiger partial charge in [0.2, 0.25) is 0 Å². The first kappa shape index (κ1) is 22.2. The van der Waals surface area contributed by atoms with Crippen LogP contribution in [-0.4, -0.2) is 44.1 Å². The van der Waals surface area contributed by atoms with Gasteiger partial charge in [0.05, 0.1) is 17.1 Å². The minimum atomic E-state index is -0.452. The first-order valence-corrected chi connectivity index (χ1v) is 12.0. The number of piperidine rings is 1. The number of nitrogens with zero attached hydrogens (tertiary/aromatic N) is 5. The highest BCUT2D eigenvalue weighted by atomic mass is 19.1. The maximum absolute atomic E-state index is 14.1. The number of allylic oxidation sites excluding steroid dienone is 4. The fourth-order valence-electron chi connectivity index (χ4n) is 4.55. The Morgan fingerprint density at radius 3 is 2.81 bits per heavy atom. The molecule has 3 N–H and O–H groups in total. The van der Waals surface area contributed by atoms with E-state index in [4.69, 9.17) is 9.97 Å². The Hall–Kier alpha value is -4.24. The molecule has 6 rings (SSSR count). The predicted molar refractivity (Wildman–Crippen MR) is 139 cm³/mol. The van der Waals surface area contributed by atoms with Crippen LogP contribution in [0.5, 0.6) is 0 Å². The third kappa shape index (κ3) is 4.29. The number of halogens is 1. The molecular weight excluding hydrogens is 455 g/mol. The van der Waals surface area contributed by atoms with Crippen molar-refractivity contribution >= 4 is 33.9 Å². The highest BCUT2D eigenvalue weighted by Gasteiger charge is 2.24. The molecule has 1 aliphatic heterocycles. The number of rotatable bonds is 6. The lowest BCUT2D eigenvalue weighted by Crippen LogP contribution is -2.42. The first-order valence-electron chi connectivity index (χ1n) is 12.0. The highest BCUT2D eigenvalue weighted by molar-refractivity contribution is 6.02. The van der Waals surface area contributed by atoms with Crippen LogP contribution in [0, 0.1) is 11.7 Å². The number of hydrogen-bond donors (Lipinski definition) is 3. The van der Waals surface area contributed by atoms with Crippen molar-refractivity contribution < 1.29 is 4.39 Å². The summed E-state index contributed by atoms with van der Waals surface area (Å²) in [5, 5.41) is 11.1. The van der Waals surface area contributed by atoms with Gasteiger partial charge in [0.1, 0.15) is 11.6 Å². The number of anilines is 3. The lowest BCUT2D eigenvalue weighted by Gasteiger charge is -2.31. The standard InChI is InChI=1S/C27H25FN8/c1-16-13-29-10-8-21(16)33-27-24-19(17-4-2-5-17)14-30-15-22(24)34-25(36-27)18-7-11-31-23(12-18)35-26-20(28)6-3-9-32-26/h2-7,9,11-12,14-16,21,29H,8,10,13H2,1H3,(H,31,32,35)(H,33,34,36)/t16-,21+/m0/s1. The van der Waals surface area contributed by atoms with Gasteiger partial charge in [-0.1, -0.05) is 25.2 Å². The molecule has 0 spiro atoms. The molecular formula is C27H25FN8. The predicted octanol–water partition coefficient (Wildman–Crippen LogP) is 4.73. The normalized spacial score (nSPS) is 19.0. The van der Waals surface area contributed by atoms with E-state index in [0.29, 0.717) is 17.6 Å². The van der Waals surface area contributed by atoms with E-state index in [2.05, 4.69) is 50.0 Å². The van der Waals surface area contributed by atoms with E-state index in [1.807, 2.05) is 18.3 Å². The van der Waals surface area contributed by atoms with Gasteiger partial charge in [-0.05, 0) is 55.3 Å². The summed E-state index contributed by atoms with van der Waals surface area (Å²) in [6.45, 7) is 4.16. The highest BCUT2D eigenvalue weighted by Crippen LogP contribution is 2.34. The average Bonchev–Trinajstić information content (AvgIpc) is 2.86. The van der Waals surface area contributed by atoms with Gasteiger partial charge in [0.15, 0.2) is 17.5 Å². The van der Waals surface area contributed by atoms with E-state index >= 15 is 0 Å². The van der Waals surface area contributed by atoms with E-state index in [1.54, 1.807) is 24.5 Å². The van der Waals surface area contributed by atoms with E-state index < -0.39 is 5.82 Å². The van der Waals surface area contributed by atoms with Crippen molar-refractivity contribution in [3.8, 4) is 11.4 Å². The SMILES string of the molecule is C[C@H]1CNCC[C@H]1Nc1nc(-c2ccnc(Nc3ncccc3F)c2)nc2cncc(C3=CC=C3)c12. The summed E-state index contributed by atoms with van der Waals surface area (Å²) in [5.41, 5.74) is 3.62. The minimum Gasteiger partial charge on any atom is -0.366 e. The van der Waals surface area contributed by atoms with Gasteiger partial charge >= 0.3 is 0 Å². The summed E-state index contributed by atoms with van der Waals surface area (Å²) in [6.07, 6.45) is 14.0. The molecule has 0 aromatic carbocycles. The van der Waals surface area contributed by atoms with Crippen LogP contribution < -0.4 is 16.0 Å². The summed E-state index contributed by atoms with van der Waals surface area (Å²) < 4.78 is 14.1. The monoisotopic (exact) mass is 480 g/mol. The quantitative estimate of drug-likeness (QED) is 0.364. The van der Waals surface area contributed by atoms with Gasteiger partial charge in [-0.2, -0.15) is 0 Å². The summed E-state index contributed by atoms with van der Waals surface area (Å²) in [4.78, 5) is 22.7. The van der Waals surface area contributed by atoms with Gasteiger partial charge in [-0.3, -0.25) is 4.98 Å². The third-order valence-corrected chi connectivity index (χ3v) is 6.60. The Bertz CT molecular complexity index is 1500. The molecule has 9 heteroatoms. The number of aromatic nitrogens is 5. The number of nitrogens with one attached hydrogen (secondary N) is 3. The number of pyridine rings is 3. The van der Waals surface area contributed by atoms with Crippen LogP contribution in [0.2, 0.25) is 0 Å². The topological polar surface area (TPSA) is 101 Å². The van der Waals surface area contributed by atoms with Crippen molar-refractivity contribution in [3.63, 3.8) is 0 Å². The summed E-state index contributed by atoms with van der Waals surface area (Å²) in [5.74, 6) is 1.88. The minimum absolute atomic E-state index is 0.111. The third-order valence-electron chi connectivity index (χ3n) is 6.60. The van der Waals surface area contributed by atoms with Gasteiger partial charge in [-0.25, -0.2) is 24.3 Å². The van der Waals surface area contributed by atoms with Gasteiger partial charge < -0.3 is 16.0 Å². The molecule has 0 saturated carbocycles. The molecule has 36 heavy (non-hydrogen) atoms. The van der Waals surface area contributed by atoms with E-state index in [1.165, 1.54) is 12.3 Å². The summed E-state index contributed by atoms with van der Waals surface area (Å²) >= 11 is 0. The lowest BCUT2D eigenvalue weighted by molar-refractivity contribution is 0.368. The van der Waals surface area contributed by atoms with Crippen LogP contribution in [0.1, 0.15) is 18.9 Å². The van der Waals surface area contributed by atoms with E-state index in [-0.39, 0.29) is 11.9 Å². The molecule has 4 aromatic heterocycles. The number of fused-ring (bicyclic) bond motifs is 1. The Labute approximate surface area is 207 Å². The molecule has 0 radical (unpaired) electrons. The zero-order chi connectivity index (χ0) is 24.5. The fourth-order valence-corrected chi connectivity index (χ4v) is 4.55. The molecule has 1 fully saturated rings. The van der Waals surface area contributed by atoms with Crippen LogP contribution in [0.4, 0.5) is 21.8 Å². The summed E-state index contributed by atoms with van der Waals surface area (Å²) in [6, 6.07) is 6.81. The Morgan fingerprint density at radius 2 is 2.00 bits per heavy atom. The van der Waals surface area contributed by atoms with Crippen molar-refractivity contribution in [1.82, 2.24) is 30.2 Å². The molecule has 8 nitrogen and oxygen atoms in total. The first-order chi connectivity index (χ1) is 17.7. The van der Waals surface area contributed by atoms with Crippen molar-refractivity contribution in [2.24, 2.45) is 5.92 Å². The molecule has 180 valence electrons. The van der Waals surface area contributed by atoms with Gasteiger partial charge in [-0.15, -0.1) is 0 Å². The zero-order valence-electron chi connectivity index (χ0n) is 19.7. The summed E-state index contributed by atoms with van der Waals surface area (Å²) in [7, 11) is 0. The molecule has 0 amide bonds. The Morgan fingerprint density at radius 1 is 1.08 bits per heavy atom. The second-order valence-electron chi connectivity index (χ2n) is 9.07. The van der Waals surface area contributed by atoms with Gasteiger partial charge in [0, 0.05) is 35.8 Å². The molecule has 1 aliphatic carbocycles. The van der Waals surface area contributed by atoms with Crippen LogP contribution in [0.15, 0.2) is 67.3 Å². The van der Waals surface area contributed by atoms with Crippen LogP contribution in [-0.2, 0) is 0 Å². The van der Waals surface area contributed by atoms with Crippen molar-refractivity contribution in [2.75, 3.05) is 23.7 Å². The van der Waals surface area contributed by atoms with Crippen molar-refractivity contribution in [1.29, 1.82) is 0 Å².